The summed E-state index contributed by atoms with van der Waals surface area (Å²) in [5, 5.41) is 0. The monoisotopic (exact) mass is 490 g/mol. The summed E-state index contributed by atoms with van der Waals surface area (Å²) in [7, 11) is -2.73. The van der Waals surface area contributed by atoms with Crippen LogP contribution in [0.15, 0.2) is 47.4 Å². The van der Waals surface area contributed by atoms with Crippen LogP contribution in [0.25, 0.3) is 0 Å². The lowest BCUT2D eigenvalue weighted by molar-refractivity contribution is -0.151. The van der Waals surface area contributed by atoms with Crippen LogP contribution in [-0.4, -0.2) is 63.7 Å². The first kappa shape index (κ1) is 25.5. The second kappa shape index (κ2) is 10.4. The Labute approximate surface area is 200 Å². The van der Waals surface area contributed by atoms with Crippen molar-refractivity contribution in [3.05, 3.63) is 53.6 Å². The van der Waals surface area contributed by atoms with E-state index in [1.165, 1.54) is 32.2 Å². The van der Waals surface area contributed by atoms with Gasteiger partial charge in [0, 0.05) is 18.8 Å². The number of ether oxygens (including phenoxy) is 3. The van der Waals surface area contributed by atoms with Gasteiger partial charge in [0.2, 0.25) is 0 Å². The number of rotatable bonds is 7. The maximum atomic E-state index is 13.0. The molecule has 184 valence electrons. The number of anilines is 1. The lowest BCUT2D eigenvalue weighted by atomic mass is 10.2. The Kier molecular flexibility index (Phi) is 7.83. The fourth-order valence-corrected chi connectivity index (χ4v) is 4.99. The van der Waals surface area contributed by atoms with E-state index in [4.69, 9.17) is 14.2 Å². The van der Waals surface area contributed by atoms with Gasteiger partial charge in [-0.3, -0.25) is 9.52 Å². The minimum Gasteiger partial charge on any atom is -0.495 e. The topological polar surface area (TPSA) is 111 Å². The number of nitrogens with one attached hydrogen (secondary N) is 1. The average Bonchev–Trinajstić information content (AvgIpc) is 2.78. The molecular formula is C24H30N2O7S. The molecule has 9 nitrogen and oxygen atoms in total. The van der Waals surface area contributed by atoms with Crippen molar-refractivity contribution in [1.29, 1.82) is 0 Å². The number of benzene rings is 2. The fourth-order valence-electron chi connectivity index (χ4n) is 3.74. The molecular weight excluding hydrogens is 460 g/mol. The number of hydrogen-bond acceptors (Lipinski definition) is 7. The molecule has 0 bridgehead atoms. The van der Waals surface area contributed by atoms with Crippen molar-refractivity contribution in [2.45, 2.75) is 50.9 Å². The Hall–Kier alpha value is -3.11. The summed E-state index contributed by atoms with van der Waals surface area (Å²) in [6.07, 6.45) is -1.28. The molecule has 1 fully saturated rings. The Morgan fingerprint density at radius 1 is 1.09 bits per heavy atom. The third-order valence-corrected chi connectivity index (χ3v) is 6.76. The number of carbonyl (C=O) groups excluding carboxylic acids is 2. The van der Waals surface area contributed by atoms with Crippen LogP contribution in [0.4, 0.5) is 5.69 Å². The standard InChI is InChI=1S/C24H30N2O7S/c1-15-6-9-20(10-7-15)25-34(29,30)22-12-19(8-11-21(22)31-5)24(28)33-18(4)23(27)26-13-16(2)32-17(3)14-26/h6-12,16-18,25H,13-14H2,1-5H3. The molecule has 1 saturated heterocycles. The molecule has 1 amide bonds. The van der Waals surface area contributed by atoms with E-state index in [9.17, 15) is 18.0 Å². The van der Waals surface area contributed by atoms with E-state index in [0.717, 1.165) is 5.56 Å². The van der Waals surface area contributed by atoms with Crippen molar-refractivity contribution < 1.29 is 32.2 Å². The number of amides is 1. The zero-order valence-corrected chi connectivity index (χ0v) is 20.7. The van der Waals surface area contributed by atoms with E-state index < -0.39 is 22.1 Å². The van der Waals surface area contributed by atoms with E-state index in [2.05, 4.69) is 4.72 Å². The molecule has 0 aliphatic carbocycles. The van der Waals surface area contributed by atoms with Gasteiger partial charge in [0.25, 0.3) is 15.9 Å². The summed E-state index contributed by atoms with van der Waals surface area (Å²) in [4.78, 5) is 26.9. The summed E-state index contributed by atoms with van der Waals surface area (Å²) in [5.74, 6) is -1.08. The van der Waals surface area contributed by atoms with Crippen LogP contribution in [0.2, 0.25) is 0 Å². The number of nitrogens with zero attached hydrogens (tertiary/aromatic N) is 1. The van der Waals surface area contributed by atoms with Gasteiger partial charge in [-0.1, -0.05) is 17.7 Å². The predicted molar refractivity (Wildman–Crippen MR) is 126 cm³/mol. The second-order valence-electron chi connectivity index (χ2n) is 8.39. The molecule has 34 heavy (non-hydrogen) atoms. The highest BCUT2D eigenvalue weighted by molar-refractivity contribution is 7.92. The number of carbonyl (C=O) groups is 2. The van der Waals surface area contributed by atoms with Gasteiger partial charge in [-0.05, 0) is 58.0 Å². The summed E-state index contributed by atoms with van der Waals surface area (Å²) in [6, 6.07) is 10.8. The zero-order chi connectivity index (χ0) is 25.0. The van der Waals surface area contributed by atoms with Crippen LogP contribution in [0, 0.1) is 6.92 Å². The van der Waals surface area contributed by atoms with Gasteiger partial charge in [-0.2, -0.15) is 0 Å². The molecule has 2 aromatic carbocycles. The van der Waals surface area contributed by atoms with Crippen molar-refractivity contribution in [3.8, 4) is 5.75 Å². The molecule has 1 heterocycles. The molecule has 1 aliphatic rings. The molecule has 0 saturated carbocycles. The van der Waals surface area contributed by atoms with Crippen LogP contribution in [0.1, 0.15) is 36.7 Å². The van der Waals surface area contributed by atoms with E-state index >= 15 is 0 Å². The van der Waals surface area contributed by atoms with Crippen molar-refractivity contribution in [2.75, 3.05) is 24.9 Å². The van der Waals surface area contributed by atoms with E-state index in [1.54, 1.807) is 29.2 Å². The van der Waals surface area contributed by atoms with Gasteiger partial charge < -0.3 is 19.1 Å². The third kappa shape index (κ3) is 6.06. The molecule has 0 radical (unpaired) electrons. The normalized spacial score (nSPS) is 19.3. The first-order valence-electron chi connectivity index (χ1n) is 10.9. The molecule has 3 unspecified atom stereocenters. The molecule has 3 atom stereocenters. The van der Waals surface area contributed by atoms with Crippen molar-refractivity contribution in [1.82, 2.24) is 4.90 Å². The number of hydrogen-bond donors (Lipinski definition) is 1. The molecule has 0 aromatic heterocycles. The SMILES string of the molecule is COc1ccc(C(=O)OC(C)C(=O)N2CC(C)OC(C)C2)cc1S(=O)(=O)Nc1ccc(C)cc1. The fraction of sp³-hybridized carbons (Fsp3) is 0.417. The van der Waals surface area contributed by atoms with Gasteiger partial charge in [0.1, 0.15) is 10.6 Å². The summed E-state index contributed by atoms with van der Waals surface area (Å²) in [6.45, 7) is 7.93. The van der Waals surface area contributed by atoms with Crippen LogP contribution >= 0.6 is 0 Å². The number of esters is 1. The van der Waals surface area contributed by atoms with Crippen LogP contribution in [-0.2, 0) is 24.3 Å². The van der Waals surface area contributed by atoms with Crippen molar-refractivity contribution in [2.24, 2.45) is 0 Å². The highest BCUT2D eigenvalue weighted by Crippen LogP contribution is 2.28. The second-order valence-corrected chi connectivity index (χ2v) is 10.0. The molecule has 0 spiro atoms. The van der Waals surface area contributed by atoms with Gasteiger partial charge in [-0.25, -0.2) is 13.2 Å². The molecule has 10 heteroatoms. The summed E-state index contributed by atoms with van der Waals surface area (Å²) in [5.41, 5.74) is 1.33. The lowest BCUT2D eigenvalue weighted by Gasteiger charge is -2.36. The van der Waals surface area contributed by atoms with Crippen LogP contribution in [0.3, 0.4) is 0 Å². The number of methoxy groups -OCH3 is 1. The maximum Gasteiger partial charge on any atom is 0.338 e. The Morgan fingerprint density at radius 3 is 2.29 bits per heavy atom. The largest absolute Gasteiger partial charge is 0.495 e. The zero-order valence-electron chi connectivity index (χ0n) is 19.9. The molecule has 1 N–H and O–H groups in total. The van der Waals surface area contributed by atoms with Crippen molar-refractivity contribution in [3.63, 3.8) is 0 Å². The third-order valence-electron chi connectivity index (χ3n) is 5.36. The van der Waals surface area contributed by atoms with Crippen LogP contribution < -0.4 is 9.46 Å². The first-order valence-corrected chi connectivity index (χ1v) is 12.4. The summed E-state index contributed by atoms with van der Waals surface area (Å²) < 4.78 is 44.7. The van der Waals surface area contributed by atoms with Crippen LogP contribution in [0.5, 0.6) is 5.75 Å². The lowest BCUT2D eigenvalue weighted by Crippen LogP contribution is -2.51. The molecule has 2 aromatic rings. The minimum atomic E-state index is -4.07. The highest BCUT2D eigenvalue weighted by atomic mass is 32.2. The molecule has 3 rings (SSSR count). The molecule has 1 aliphatic heterocycles. The maximum absolute atomic E-state index is 13.0. The number of sulfonamides is 1. The Morgan fingerprint density at radius 2 is 1.71 bits per heavy atom. The quantitative estimate of drug-likeness (QED) is 0.594. The van der Waals surface area contributed by atoms with Gasteiger partial charge in [0.05, 0.1) is 24.9 Å². The van der Waals surface area contributed by atoms with Gasteiger partial charge >= 0.3 is 5.97 Å². The Balaban J connectivity index is 1.78. The number of morpholine rings is 1. The van der Waals surface area contributed by atoms with Crippen molar-refractivity contribution >= 4 is 27.6 Å². The predicted octanol–water partition coefficient (Wildman–Crippen LogP) is 2.99. The Bertz CT molecular complexity index is 1140. The van der Waals surface area contributed by atoms with Gasteiger partial charge in [-0.15, -0.1) is 0 Å². The first-order chi connectivity index (χ1) is 16.0. The number of aryl methyl sites for hydroxylation is 1. The highest BCUT2D eigenvalue weighted by Gasteiger charge is 2.31. The van der Waals surface area contributed by atoms with E-state index in [-0.39, 0.29) is 34.3 Å². The van der Waals surface area contributed by atoms with E-state index in [0.29, 0.717) is 18.8 Å². The van der Waals surface area contributed by atoms with E-state index in [1.807, 2.05) is 20.8 Å². The minimum absolute atomic E-state index is 0.0200. The summed E-state index contributed by atoms with van der Waals surface area (Å²) >= 11 is 0. The van der Waals surface area contributed by atoms with Gasteiger partial charge in [0.15, 0.2) is 6.10 Å². The smallest absolute Gasteiger partial charge is 0.338 e. The average molecular weight is 491 g/mol.